The second-order valence-electron chi connectivity index (χ2n) is 9.63. The van der Waals surface area contributed by atoms with Gasteiger partial charge in [-0.1, -0.05) is 26.0 Å². The molecule has 0 spiro atoms. The van der Waals surface area contributed by atoms with Gasteiger partial charge in [-0.05, 0) is 102 Å². The predicted octanol–water partition coefficient (Wildman–Crippen LogP) is 4.93. The van der Waals surface area contributed by atoms with Crippen LogP contribution < -0.4 is 10.2 Å². The maximum absolute atomic E-state index is 13.4. The Morgan fingerprint density at radius 1 is 1.09 bits per heavy atom. The highest BCUT2D eigenvalue weighted by atomic mass is 16.2. The second kappa shape index (κ2) is 12.3. The number of fused-ring (bicyclic) bond motifs is 2. The van der Waals surface area contributed by atoms with Crippen LogP contribution in [-0.2, 0) is 4.79 Å². The molecule has 2 aromatic rings. The van der Waals surface area contributed by atoms with E-state index in [0.29, 0.717) is 29.2 Å². The molecule has 4 rings (SSSR count). The lowest BCUT2D eigenvalue weighted by molar-refractivity contribution is -0.118. The SMILES string of the molecule is CCN(CC)CCCC1CCN(CCCC(=O)N2c3ccccc3C(=O)Nc3cccnc32)CC1. The molecule has 3 heterocycles. The molecule has 0 radical (unpaired) electrons. The fourth-order valence-electron chi connectivity index (χ4n) is 5.30. The highest BCUT2D eigenvalue weighted by Gasteiger charge is 2.30. The topological polar surface area (TPSA) is 68.8 Å². The zero-order valence-corrected chi connectivity index (χ0v) is 21.2. The Balaban J connectivity index is 1.29. The molecular weight excluding hydrogens is 438 g/mol. The van der Waals surface area contributed by atoms with Crippen LogP contribution in [0.25, 0.3) is 0 Å². The van der Waals surface area contributed by atoms with E-state index in [1.807, 2.05) is 18.2 Å². The van der Waals surface area contributed by atoms with Crippen LogP contribution in [0, 0.1) is 5.92 Å². The summed E-state index contributed by atoms with van der Waals surface area (Å²) in [6.07, 6.45) is 8.02. The predicted molar refractivity (Wildman–Crippen MR) is 141 cm³/mol. The number of aromatic nitrogens is 1. The van der Waals surface area contributed by atoms with E-state index in [2.05, 4.69) is 33.9 Å². The number of pyridine rings is 1. The number of likely N-dealkylation sites (tertiary alicyclic amines) is 1. The average Bonchev–Trinajstić information content (AvgIpc) is 3.01. The van der Waals surface area contributed by atoms with Crippen molar-refractivity contribution in [1.82, 2.24) is 14.8 Å². The lowest BCUT2D eigenvalue weighted by Crippen LogP contribution is -2.35. The van der Waals surface area contributed by atoms with Gasteiger partial charge in [0.05, 0.1) is 16.9 Å². The Bertz CT molecular complexity index is 998. The van der Waals surface area contributed by atoms with Crippen LogP contribution >= 0.6 is 0 Å². The number of para-hydroxylation sites is 1. The Labute approximate surface area is 209 Å². The molecule has 0 saturated carbocycles. The number of carbonyl (C=O) groups is 2. The summed E-state index contributed by atoms with van der Waals surface area (Å²) in [6.45, 7) is 11.2. The monoisotopic (exact) mass is 477 g/mol. The molecule has 7 heteroatoms. The molecule has 2 aliphatic rings. The van der Waals surface area contributed by atoms with E-state index >= 15 is 0 Å². The summed E-state index contributed by atoms with van der Waals surface area (Å²) in [6, 6.07) is 10.8. The van der Waals surface area contributed by atoms with Gasteiger partial charge in [0.2, 0.25) is 5.91 Å². The van der Waals surface area contributed by atoms with Crippen molar-refractivity contribution in [2.45, 2.75) is 52.4 Å². The van der Waals surface area contributed by atoms with E-state index < -0.39 is 0 Å². The number of benzene rings is 1. The van der Waals surface area contributed by atoms with Crippen LogP contribution in [0.2, 0.25) is 0 Å². The van der Waals surface area contributed by atoms with Crippen molar-refractivity contribution in [2.24, 2.45) is 5.92 Å². The highest BCUT2D eigenvalue weighted by Crippen LogP contribution is 2.36. The van der Waals surface area contributed by atoms with Gasteiger partial charge in [-0.15, -0.1) is 0 Å². The number of carbonyl (C=O) groups excluding carboxylic acids is 2. The molecule has 1 aromatic carbocycles. The Hall–Kier alpha value is -2.77. The fourth-order valence-corrected chi connectivity index (χ4v) is 5.30. The van der Waals surface area contributed by atoms with Crippen molar-refractivity contribution < 1.29 is 9.59 Å². The third-order valence-corrected chi connectivity index (χ3v) is 7.44. The molecule has 1 fully saturated rings. The molecule has 1 N–H and O–H groups in total. The number of rotatable bonds is 10. The van der Waals surface area contributed by atoms with E-state index in [0.717, 1.165) is 45.1 Å². The maximum Gasteiger partial charge on any atom is 0.257 e. The highest BCUT2D eigenvalue weighted by molar-refractivity contribution is 6.17. The first kappa shape index (κ1) is 25.3. The lowest BCUT2D eigenvalue weighted by Gasteiger charge is -2.32. The van der Waals surface area contributed by atoms with E-state index in [1.54, 1.807) is 29.3 Å². The van der Waals surface area contributed by atoms with Crippen molar-refractivity contribution in [2.75, 3.05) is 49.5 Å². The van der Waals surface area contributed by atoms with Gasteiger partial charge in [0.15, 0.2) is 5.82 Å². The summed E-state index contributed by atoms with van der Waals surface area (Å²) in [5, 5.41) is 2.90. The second-order valence-corrected chi connectivity index (χ2v) is 9.63. The Morgan fingerprint density at radius 2 is 1.86 bits per heavy atom. The quantitative estimate of drug-likeness (QED) is 0.526. The number of amides is 2. The van der Waals surface area contributed by atoms with E-state index in [4.69, 9.17) is 0 Å². The molecule has 7 nitrogen and oxygen atoms in total. The van der Waals surface area contributed by atoms with Gasteiger partial charge in [-0.25, -0.2) is 4.98 Å². The van der Waals surface area contributed by atoms with Gasteiger partial charge < -0.3 is 15.1 Å². The molecule has 0 atom stereocenters. The smallest absolute Gasteiger partial charge is 0.257 e. The third kappa shape index (κ3) is 6.27. The van der Waals surface area contributed by atoms with Crippen LogP contribution in [0.15, 0.2) is 42.6 Å². The summed E-state index contributed by atoms with van der Waals surface area (Å²) in [7, 11) is 0. The molecule has 0 aliphatic carbocycles. The van der Waals surface area contributed by atoms with Gasteiger partial charge in [0, 0.05) is 12.6 Å². The van der Waals surface area contributed by atoms with E-state index in [9.17, 15) is 9.59 Å². The van der Waals surface area contributed by atoms with Crippen LogP contribution in [0.3, 0.4) is 0 Å². The third-order valence-electron chi connectivity index (χ3n) is 7.44. The Kier molecular flexibility index (Phi) is 8.88. The van der Waals surface area contributed by atoms with Crippen LogP contribution in [0.5, 0.6) is 0 Å². The number of hydrogen-bond acceptors (Lipinski definition) is 5. The molecule has 188 valence electrons. The molecule has 2 aliphatic heterocycles. The summed E-state index contributed by atoms with van der Waals surface area (Å²) in [5.74, 6) is 1.08. The van der Waals surface area contributed by atoms with Gasteiger partial charge in [-0.2, -0.15) is 0 Å². The minimum Gasteiger partial charge on any atom is -0.319 e. The molecule has 0 unspecified atom stereocenters. The first-order valence-corrected chi connectivity index (χ1v) is 13.2. The largest absolute Gasteiger partial charge is 0.319 e. The molecule has 1 saturated heterocycles. The van der Waals surface area contributed by atoms with Crippen LogP contribution in [0.4, 0.5) is 17.2 Å². The average molecular weight is 478 g/mol. The van der Waals surface area contributed by atoms with Gasteiger partial charge in [0.1, 0.15) is 0 Å². The van der Waals surface area contributed by atoms with E-state index in [-0.39, 0.29) is 11.8 Å². The molecule has 35 heavy (non-hydrogen) atoms. The van der Waals surface area contributed by atoms with Crippen LogP contribution in [0.1, 0.15) is 62.7 Å². The zero-order chi connectivity index (χ0) is 24.6. The van der Waals surface area contributed by atoms with Crippen molar-refractivity contribution in [3.05, 3.63) is 48.2 Å². The summed E-state index contributed by atoms with van der Waals surface area (Å²) in [5.41, 5.74) is 1.64. The standard InChI is InChI=1S/C28H39N5O2/c1-3-31(4-2)18-8-10-22-15-20-32(21-16-22)19-9-14-26(34)33-25-13-6-5-11-23(25)28(35)30-24-12-7-17-29-27(24)33/h5-7,11-13,17,22H,3-4,8-10,14-16,18-21H2,1-2H3,(H,30,35). The van der Waals surface area contributed by atoms with Crippen molar-refractivity contribution >= 4 is 29.0 Å². The first-order chi connectivity index (χ1) is 17.1. The van der Waals surface area contributed by atoms with Crippen molar-refractivity contribution in [3.8, 4) is 0 Å². The summed E-state index contributed by atoms with van der Waals surface area (Å²) in [4.78, 5) is 37.2. The van der Waals surface area contributed by atoms with Crippen LogP contribution in [-0.4, -0.2) is 65.9 Å². The number of anilines is 3. The summed E-state index contributed by atoms with van der Waals surface area (Å²) >= 11 is 0. The first-order valence-electron chi connectivity index (χ1n) is 13.2. The van der Waals surface area contributed by atoms with E-state index in [1.165, 1.54) is 32.2 Å². The zero-order valence-electron chi connectivity index (χ0n) is 21.2. The van der Waals surface area contributed by atoms with Gasteiger partial charge in [-0.3, -0.25) is 14.5 Å². The van der Waals surface area contributed by atoms with Gasteiger partial charge in [0.25, 0.3) is 5.91 Å². The molecular formula is C28H39N5O2. The fraction of sp³-hybridized carbons (Fsp3) is 0.536. The van der Waals surface area contributed by atoms with Crippen molar-refractivity contribution in [3.63, 3.8) is 0 Å². The number of nitrogens with one attached hydrogen (secondary N) is 1. The molecule has 2 amide bonds. The number of nitrogens with zero attached hydrogens (tertiary/aromatic N) is 4. The minimum atomic E-state index is -0.217. The summed E-state index contributed by atoms with van der Waals surface area (Å²) < 4.78 is 0. The Morgan fingerprint density at radius 3 is 2.63 bits per heavy atom. The van der Waals surface area contributed by atoms with Gasteiger partial charge >= 0.3 is 0 Å². The molecule has 0 bridgehead atoms. The van der Waals surface area contributed by atoms with Crippen molar-refractivity contribution in [1.29, 1.82) is 0 Å². The minimum absolute atomic E-state index is 0.0276. The molecule has 1 aromatic heterocycles. The lowest BCUT2D eigenvalue weighted by atomic mass is 9.92. The normalized spacial score (nSPS) is 16.5. The number of hydrogen-bond donors (Lipinski definition) is 1. The number of piperidine rings is 1. The maximum atomic E-state index is 13.4.